The normalized spacial score (nSPS) is 11.7. The molecule has 0 N–H and O–H groups in total. The van der Waals surface area contributed by atoms with Gasteiger partial charge in [-0.2, -0.15) is 0 Å². The minimum absolute atomic E-state index is 1.27. The first-order valence-corrected chi connectivity index (χ1v) is 13.2. The Bertz CT molecular complexity index is 2080. The zero-order chi connectivity index (χ0) is 25.1. The zero-order valence-electron chi connectivity index (χ0n) is 20.9. The summed E-state index contributed by atoms with van der Waals surface area (Å²) in [7, 11) is 0. The van der Waals surface area contributed by atoms with Gasteiger partial charge in [0.1, 0.15) is 0 Å². The number of hydrogen-bond acceptors (Lipinski definition) is 0. The van der Waals surface area contributed by atoms with Gasteiger partial charge in [0.05, 0.1) is 0 Å². The van der Waals surface area contributed by atoms with Crippen molar-refractivity contribution in [3.8, 4) is 22.3 Å². The van der Waals surface area contributed by atoms with E-state index in [0.717, 1.165) is 0 Å². The first-order valence-electron chi connectivity index (χ1n) is 13.2. The molecule has 0 amide bonds. The molecule has 0 unspecified atom stereocenters. The second-order valence-corrected chi connectivity index (χ2v) is 10.1. The Labute approximate surface area is 221 Å². The molecule has 8 aromatic carbocycles. The van der Waals surface area contributed by atoms with Crippen LogP contribution in [0.5, 0.6) is 0 Å². The van der Waals surface area contributed by atoms with E-state index >= 15 is 0 Å². The summed E-state index contributed by atoms with van der Waals surface area (Å²) < 4.78 is 0. The van der Waals surface area contributed by atoms with Crippen molar-refractivity contribution in [2.45, 2.75) is 0 Å². The summed E-state index contributed by atoms with van der Waals surface area (Å²) in [5.41, 5.74) is 5.13. The standard InChI is InChI=1S/C38H24/c1-3-14-29-25(9-1)11-5-16-31(29)33-19-8-20-35-36(33)22-21-28-24-37-27(23-38(28)35)13-7-18-34(37)32-17-6-12-26-10-2-4-15-30(26)32/h1-24H. The molecule has 0 heteroatoms. The molecule has 0 fully saturated rings. The van der Waals surface area contributed by atoms with Gasteiger partial charge in [0, 0.05) is 0 Å². The molecule has 0 nitrogen and oxygen atoms in total. The van der Waals surface area contributed by atoms with Gasteiger partial charge in [0.2, 0.25) is 0 Å². The summed E-state index contributed by atoms with van der Waals surface area (Å²) in [4.78, 5) is 0. The number of hydrogen-bond donors (Lipinski definition) is 0. The molecule has 0 spiro atoms. The van der Waals surface area contributed by atoms with E-state index in [0.29, 0.717) is 0 Å². The van der Waals surface area contributed by atoms with Gasteiger partial charge >= 0.3 is 0 Å². The van der Waals surface area contributed by atoms with E-state index in [1.165, 1.54) is 76.1 Å². The zero-order valence-corrected chi connectivity index (χ0v) is 20.9. The van der Waals surface area contributed by atoms with Gasteiger partial charge in [0.15, 0.2) is 0 Å². The van der Waals surface area contributed by atoms with Crippen LogP contribution in [0.2, 0.25) is 0 Å². The van der Waals surface area contributed by atoms with Gasteiger partial charge < -0.3 is 0 Å². The molecular weight excluding hydrogens is 456 g/mol. The van der Waals surface area contributed by atoms with Gasteiger partial charge in [-0.15, -0.1) is 0 Å². The third-order valence-corrected chi connectivity index (χ3v) is 8.04. The Morgan fingerprint density at radius 2 is 0.632 bits per heavy atom. The molecule has 0 radical (unpaired) electrons. The molecule has 0 atom stereocenters. The van der Waals surface area contributed by atoms with Crippen molar-refractivity contribution >= 4 is 53.9 Å². The molecule has 0 aliphatic heterocycles. The Hall–Kier alpha value is -4.94. The van der Waals surface area contributed by atoms with Crippen LogP contribution in [0.3, 0.4) is 0 Å². The fourth-order valence-corrected chi connectivity index (χ4v) is 6.26. The summed E-state index contributed by atoms with van der Waals surface area (Å²) in [5.74, 6) is 0. The molecule has 0 aliphatic carbocycles. The van der Waals surface area contributed by atoms with E-state index in [1.54, 1.807) is 0 Å². The lowest BCUT2D eigenvalue weighted by Gasteiger charge is -2.14. The number of fused-ring (bicyclic) bond motifs is 6. The summed E-state index contributed by atoms with van der Waals surface area (Å²) in [6, 6.07) is 53.3. The van der Waals surface area contributed by atoms with E-state index < -0.39 is 0 Å². The largest absolute Gasteiger partial charge is 0.0616 e. The molecule has 8 aromatic rings. The van der Waals surface area contributed by atoms with Crippen LogP contribution in [0.1, 0.15) is 0 Å². The lowest BCUT2D eigenvalue weighted by atomic mass is 9.89. The van der Waals surface area contributed by atoms with Crippen molar-refractivity contribution in [2.24, 2.45) is 0 Å². The van der Waals surface area contributed by atoms with Crippen molar-refractivity contribution < 1.29 is 0 Å². The Balaban J connectivity index is 1.39. The van der Waals surface area contributed by atoms with E-state index in [9.17, 15) is 0 Å². The van der Waals surface area contributed by atoms with Crippen LogP contribution in [-0.2, 0) is 0 Å². The number of rotatable bonds is 2. The van der Waals surface area contributed by atoms with Crippen molar-refractivity contribution in [2.75, 3.05) is 0 Å². The SMILES string of the molecule is c1ccc2c(-c3cccc4cc5c(ccc6c(-c7cccc8ccccc78)cccc65)cc34)cccc2c1. The molecule has 176 valence electrons. The van der Waals surface area contributed by atoms with E-state index in [1.807, 2.05) is 0 Å². The van der Waals surface area contributed by atoms with Crippen molar-refractivity contribution in [1.82, 2.24) is 0 Å². The van der Waals surface area contributed by atoms with Gasteiger partial charge in [-0.3, -0.25) is 0 Å². The van der Waals surface area contributed by atoms with Gasteiger partial charge in [-0.05, 0) is 88.2 Å². The van der Waals surface area contributed by atoms with Crippen LogP contribution in [-0.4, -0.2) is 0 Å². The number of benzene rings is 8. The van der Waals surface area contributed by atoms with Crippen LogP contribution in [0, 0.1) is 0 Å². The maximum absolute atomic E-state index is 2.38. The molecule has 0 heterocycles. The summed E-state index contributed by atoms with van der Waals surface area (Å²) in [6.45, 7) is 0. The average Bonchev–Trinajstić information content (AvgIpc) is 2.99. The quantitative estimate of drug-likeness (QED) is 0.170. The monoisotopic (exact) mass is 480 g/mol. The van der Waals surface area contributed by atoms with Gasteiger partial charge in [-0.25, -0.2) is 0 Å². The van der Waals surface area contributed by atoms with Crippen LogP contribution in [0.25, 0.3) is 76.1 Å². The lowest BCUT2D eigenvalue weighted by Crippen LogP contribution is -1.87. The molecule has 0 aliphatic rings. The molecule has 0 aromatic heterocycles. The van der Waals surface area contributed by atoms with Crippen molar-refractivity contribution in [1.29, 1.82) is 0 Å². The smallest absolute Gasteiger partial charge is 0.00987 e. The van der Waals surface area contributed by atoms with Crippen LogP contribution in [0.4, 0.5) is 0 Å². The van der Waals surface area contributed by atoms with Crippen LogP contribution < -0.4 is 0 Å². The maximum Gasteiger partial charge on any atom is -0.00987 e. The molecule has 0 saturated carbocycles. The van der Waals surface area contributed by atoms with Crippen LogP contribution >= 0.6 is 0 Å². The average molecular weight is 481 g/mol. The first-order chi connectivity index (χ1) is 18.8. The van der Waals surface area contributed by atoms with E-state index in [4.69, 9.17) is 0 Å². The predicted octanol–water partition coefficient (Wildman–Crippen LogP) is 10.8. The topological polar surface area (TPSA) is 0 Å². The maximum atomic E-state index is 2.38. The molecule has 0 bridgehead atoms. The Morgan fingerprint density at radius 3 is 1.29 bits per heavy atom. The second-order valence-electron chi connectivity index (χ2n) is 10.1. The summed E-state index contributed by atoms with van der Waals surface area (Å²) in [6.07, 6.45) is 0. The third-order valence-electron chi connectivity index (χ3n) is 8.04. The second kappa shape index (κ2) is 8.30. The lowest BCUT2D eigenvalue weighted by molar-refractivity contribution is 1.69. The highest BCUT2D eigenvalue weighted by molar-refractivity contribution is 6.18. The Morgan fingerprint density at radius 1 is 0.211 bits per heavy atom. The minimum Gasteiger partial charge on any atom is -0.0616 e. The minimum atomic E-state index is 1.27. The van der Waals surface area contributed by atoms with Crippen molar-refractivity contribution in [3.63, 3.8) is 0 Å². The molecule has 8 rings (SSSR count). The first kappa shape index (κ1) is 21.2. The molecule has 38 heavy (non-hydrogen) atoms. The van der Waals surface area contributed by atoms with E-state index in [2.05, 4.69) is 146 Å². The van der Waals surface area contributed by atoms with Crippen LogP contribution in [0.15, 0.2) is 146 Å². The fourth-order valence-electron chi connectivity index (χ4n) is 6.26. The summed E-state index contributed by atoms with van der Waals surface area (Å²) >= 11 is 0. The van der Waals surface area contributed by atoms with Gasteiger partial charge in [-0.1, -0.05) is 133 Å². The predicted molar refractivity (Wildman–Crippen MR) is 165 cm³/mol. The highest BCUT2D eigenvalue weighted by Gasteiger charge is 2.12. The Kier molecular flexibility index (Phi) is 4.62. The fraction of sp³-hybridized carbons (Fsp3) is 0. The van der Waals surface area contributed by atoms with Gasteiger partial charge in [0.25, 0.3) is 0 Å². The van der Waals surface area contributed by atoms with E-state index in [-0.39, 0.29) is 0 Å². The summed E-state index contributed by atoms with van der Waals surface area (Å²) in [5, 5.41) is 12.9. The molecular formula is C38H24. The van der Waals surface area contributed by atoms with Crippen molar-refractivity contribution in [3.05, 3.63) is 146 Å². The third kappa shape index (κ3) is 3.17. The highest BCUT2D eigenvalue weighted by Crippen LogP contribution is 2.40. The molecule has 0 saturated heterocycles. The highest BCUT2D eigenvalue weighted by atomic mass is 14.2.